The summed E-state index contributed by atoms with van der Waals surface area (Å²) in [6.45, 7) is 0. The number of aliphatic imine (C=N–C) groups is 2. The molecule has 2 aromatic carbocycles. The quantitative estimate of drug-likeness (QED) is 0.276. The van der Waals surface area contributed by atoms with Gasteiger partial charge in [-0.05, 0) is 48.5 Å². The first-order chi connectivity index (χ1) is 11.1. The van der Waals surface area contributed by atoms with Crippen molar-refractivity contribution < 1.29 is 10.4 Å². The van der Waals surface area contributed by atoms with Gasteiger partial charge in [0.15, 0.2) is 0 Å². The average molecular weight is 369 g/mol. The van der Waals surface area contributed by atoms with Gasteiger partial charge in [-0.3, -0.25) is 10.4 Å². The number of hydrogen-bond acceptors (Lipinski definition) is 5. The Morgan fingerprint density at radius 2 is 1.08 bits per heavy atom. The van der Waals surface area contributed by atoms with Crippen molar-refractivity contribution in [1.82, 2.24) is 11.0 Å². The van der Waals surface area contributed by atoms with Crippen molar-refractivity contribution in [2.45, 2.75) is 9.79 Å². The van der Waals surface area contributed by atoms with Crippen molar-refractivity contribution in [1.29, 1.82) is 0 Å². The van der Waals surface area contributed by atoms with Gasteiger partial charge in [-0.15, -0.1) is 12.4 Å². The molecule has 8 N–H and O–H groups in total. The highest BCUT2D eigenvalue weighted by Crippen LogP contribution is 2.30. The standard InChI is InChI=1S/C14H16N6O2S.ClH/c15-13(19-21)17-9-1-5-11(6-2-9)23-12-7-3-10(4-8-12)18-14(16)20-22;/h1-8,21-22H,(H3,15,17,19)(H3,16,18,20);1H. The fourth-order valence-electron chi connectivity index (χ4n) is 1.64. The molecule has 0 bridgehead atoms. The van der Waals surface area contributed by atoms with E-state index in [1.807, 2.05) is 24.3 Å². The van der Waals surface area contributed by atoms with Crippen molar-refractivity contribution in [2.24, 2.45) is 21.5 Å². The summed E-state index contributed by atoms with van der Waals surface area (Å²) in [7, 11) is 0. The number of hydroxylamine groups is 2. The predicted molar refractivity (Wildman–Crippen MR) is 96.7 cm³/mol. The van der Waals surface area contributed by atoms with Crippen LogP contribution in [0.4, 0.5) is 11.4 Å². The van der Waals surface area contributed by atoms with Crippen LogP contribution < -0.4 is 22.4 Å². The summed E-state index contributed by atoms with van der Waals surface area (Å²) >= 11 is 1.56. The van der Waals surface area contributed by atoms with Gasteiger partial charge in [0, 0.05) is 9.79 Å². The number of benzene rings is 2. The second-order valence-electron chi connectivity index (χ2n) is 4.31. The molecule has 0 radical (unpaired) electrons. The molecular weight excluding hydrogens is 352 g/mol. The molecule has 2 aromatic rings. The minimum Gasteiger partial charge on any atom is -0.368 e. The van der Waals surface area contributed by atoms with Gasteiger partial charge in [-0.25, -0.2) is 20.9 Å². The van der Waals surface area contributed by atoms with Crippen molar-refractivity contribution in [3.63, 3.8) is 0 Å². The Kier molecular flexibility index (Phi) is 7.86. The zero-order valence-electron chi connectivity index (χ0n) is 12.4. The summed E-state index contributed by atoms with van der Waals surface area (Å²) in [5.74, 6) is -0.142. The van der Waals surface area contributed by atoms with Crippen LogP contribution >= 0.6 is 24.2 Å². The van der Waals surface area contributed by atoms with E-state index in [0.717, 1.165) is 9.79 Å². The maximum atomic E-state index is 8.59. The second-order valence-corrected chi connectivity index (χ2v) is 5.45. The molecule has 0 unspecified atom stereocenters. The van der Waals surface area contributed by atoms with Crippen LogP contribution in [-0.2, 0) is 0 Å². The highest BCUT2D eigenvalue weighted by atomic mass is 35.5. The summed E-state index contributed by atoms with van der Waals surface area (Å²) in [4.78, 5) is 9.93. The van der Waals surface area contributed by atoms with Gasteiger partial charge in [0.1, 0.15) is 0 Å². The van der Waals surface area contributed by atoms with Gasteiger partial charge in [-0.1, -0.05) is 11.8 Å². The molecule has 10 heteroatoms. The van der Waals surface area contributed by atoms with E-state index >= 15 is 0 Å². The third-order valence-electron chi connectivity index (χ3n) is 2.64. The molecular formula is C14H17ClN6O2S. The van der Waals surface area contributed by atoms with Crippen molar-refractivity contribution in [3.8, 4) is 0 Å². The van der Waals surface area contributed by atoms with E-state index in [4.69, 9.17) is 21.9 Å². The van der Waals surface area contributed by atoms with Crippen LogP contribution in [0.5, 0.6) is 0 Å². The van der Waals surface area contributed by atoms with Crippen LogP contribution in [0.25, 0.3) is 0 Å². The Balaban J connectivity index is 0.00000288. The molecule has 0 aliphatic heterocycles. The van der Waals surface area contributed by atoms with Gasteiger partial charge < -0.3 is 11.5 Å². The number of rotatable bonds is 4. The molecule has 0 aliphatic rings. The molecule has 0 fully saturated rings. The molecule has 0 heterocycles. The predicted octanol–water partition coefficient (Wildman–Crippen LogP) is 2.11. The largest absolute Gasteiger partial charge is 0.368 e. The van der Waals surface area contributed by atoms with Crippen LogP contribution in [0.1, 0.15) is 0 Å². The molecule has 0 saturated heterocycles. The van der Waals surface area contributed by atoms with E-state index in [-0.39, 0.29) is 24.3 Å². The molecule has 0 aromatic heterocycles. The van der Waals surface area contributed by atoms with Gasteiger partial charge in [0.25, 0.3) is 0 Å². The van der Waals surface area contributed by atoms with E-state index in [0.29, 0.717) is 11.4 Å². The number of guanidine groups is 2. The SMILES string of the molecule is Cl.NC(=Nc1ccc(Sc2ccc(N=C(N)NO)cc2)cc1)NO. The molecule has 128 valence electrons. The maximum absolute atomic E-state index is 8.59. The highest BCUT2D eigenvalue weighted by Gasteiger charge is 1.99. The van der Waals surface area contributed by atoms with E-state index in [1.165, 1.54) is 0 Å². The molecule has 24 heavy (non-hydrogen) atoms. The zero-order chi connectivity index (χ0) is 16.7. The van der Waals surface area contributed by atoms with Crippen molar-refractivity contribution >= 4 is 47.5 Å². The topological polar surface area (TPSA) is 141 Å². The summed E-state index contributed by atoms with van der Waals surface area (Å²) in [6, 6.07) is 14.7. The summed E-state index contributed by atoms with van der Waals surface area (Å²) in [5, 5.41) is 17.2. The maximum Gasteiger partial charge on any atom is 0.218 e. The molecule has 0 atom stereocenters. The van der Waals surface area contributed by atoms with Crippen LogP contribution in [-0.4, -0.2) is 22.3 Å². The first kappa shape index (κ1) is 19.6. The van der Waals surface area contributed by atoms with Crippen LogP contribution in [0.15, 0.2) is 68.3 Å². The van der Waals surface area contributed by atoms with E-state index < -0.39 is 0 Å². The lowest BCUT2D eigenvalue weighted by atomic mass is 10.3. The summed E-state index contributed by atoms with van der Waals surface area (Å²) < 4.78 is 0. The third-order valence-corrected chi connectivity index (χ3v) is 3.65. The Labute approximate surface area is 149 Å². The van der Waals surface area contributed by atoms with Crippen LogP contribution in [0, 0.1) is 0 Å². The minimum atomic E-state index is -0.0711. The fraction of sp³-hybridized carbons (Fsp3) is 0. The van der Waals surface area contributed by atoms with E-state index in [2.05, 4.69) is 9.98 Å². The summed E-state index contributed by atoms with van der Waals surface area (Å²) in [6.07, 6.45) is 0. The number of nitrogens with two attached hydrogens (primary N) is 2. The summed E-state index contributed by atoms with van der Waals surface area (Å²) in [5.41, 5.74) is 15.5. The Morgan fingerprint density at radius 3 is 1.38 bits per heavy atom. The zero-order valence-corrected chi connectivity index (χ0v) is 14.0. The van der Waals surface area contributed by atoms with Gasteiger partial charge in [0.05, 0.1) is 11.4 Å². The lowest BCUT2D eigenvalue weighted by Crippen LogP contribution is -2.27. The van der Waals surface area contributed by atoms with Gasteiger partial charge in [0.2, 0.25) is 11.9 Å². The Hall–Kier alpha value is -2.46. The molecule has 0 amide bonds. The number of halogens is 1. The normalized spacial score (nSPS) is 11.6. The monoisotopic (exact) mass is 368 g/mol. The third kappa shape index (κ3) is 5.97. The van der Waals surface area contributed by atoms with Crippen molar-refractivity contribution in [2.75, 3.05) is 0 Å². The second kappa shape index (κ2) is 9.63. The number of nitrogens with one attached hydrogen (secondary N) is 2. The Bertz CT molecular complexity index is 645. The van der Waals surface area contributed by atoms with Crippen LogP contribution in [0.3, 0.4) is 0 Å². The molecule has 0 spiro atoms. The van der Waals surface area contributed by atoms with E-state index in [9.17, 15) is 0 Å². The molecule has 0 saturated carbocycles. The average Bonchev–Trinajstić information content (AvgIpc) is 2.58. The Morgan fingerprint density at radius 1 is 0.750 bits per heavy atom. The minimum absolute atomic E-state index is 0. The lowest BCUT2D eigenvalue weighted by molar-refractivity contribution is 0.233. The smallest absolute Gasteiger partial charge is 0.218 e. The van der Waals surface area contributed by atoms with Gasteiger partial charge >= 0.3 is 0 Å². The first-order valence-corrected chi connectivity index (χ1v) is 7.29. The molecule has 8 nitrogen and oxygen atoms in total. The number of hydrogen-bond donors (Lipinski definition) is 6. The molecule has 0 aliphatic carbocycles. The highest BCUT2D eigenvalue weighted by molar-refractivity contribution is 7.99. The van der Waals surface area contributed by atoms with Gasteiger partial charge in [-0.2, -0.15) is 0 Å². The van der Waals surface area contributed by atoms with Crippen LogP contribution in [0.2, 0.25) is 0 Å². The van der Waals surface area contributed by atoms with E-state index in [1.54, 1.807) is 47.0 Å². The van der Waals surface area contributed by atoms with Crippen molar-refractivity contribution in [3.05, 3.63) is 48.5 Å². The number of nitrogens with zero attached hydrogens (tertiary/aromatic N) is 2. The molecule has 2 rings (SSSR count). The fourth-order valence-corrected chi connectivity index (χ4v) is 2.46. The first-order valence-electron chi connectivity index (χ1n) is 6.47. The lowest BCUT2D eigenvalue weighted by Gasteiger charge is -2.04.